The van der Waals surface area contributed by atoms with Gasteiger partial charge in [0, 0.05) is 6.61 Å². The first-order chi connectivity index (χ1) is 8.01. The van der Waals surface area contributed by atoms with Gasteiger partial charge in [-0.1, -0.05) is 6.58 Å². The standard InChI is InChI=1S/C12H20O5/c1-6-14-8-11(15-7-2)17-10(5)12(13)16-9(3)4/h6,9,11H,1,5,7-8H2,2-4H3. The summed E-state index contributed by atoms with van der Waals surface area (Å²) in [6, 6.07) is 0. The van der Waals surface area contributed by atoms with Crippen molar-refractivity contribution in [2.45, 2.75) is 33.2 Å². The second-order valence-electron chi connectivity index (χ2n) is 3.38. The van der Waals surface area contributed by atoms with Gasteiger partial charge in [-0.15, -0.1) is 0 Å². The zero-order valence-corrected chi connectivity index (χ0v) is 10.6. The molecule has 0 aliphatic rings. The molecule has 0 spiro atoms. The van der Waals surface area contributed by atoms with Crippen molar-refractivity contribution in [3.8, 4) is 0 Å². The van der Waals surface area contributed by atoms with Crippen LogP contribution in [0, 0.1) is 0 Å². The Bertz CT molecular complexity index is 260. The second kappa shape index (κ2) is 8.64. The first kappa shape index (κ1) is 15.5. The van der Waals surface area contributed by atoms with E-state index in [0.29, 0.717) is 6.61 Å². The average molecular weight is 244 g/mol. The monoisotopic (exact) mass is 244 g/mol. The number of esters is 1. The van der Waals surface area contributed by atoms with Crippen LogP contribution in [0.3, 0.4) is 0 Å². The highest BCUT2D eigenvalue weighted by Crippen LogP contribution is 2.07. The first-order valence-electron chi connectivity index (χ1n) is 5.41. The topological polar surface area (TPSA) is 54.0 Å². The highest BCUT2D eigenvalue weighted by molar-refractivity contribution is 5.85. The molecule has 0 N–H and O–H groups in total. The number of hydrogen-bond donors (Lipinski definition) is 0. The van der Waals surface area contributed by atoms with Crippen LogP contribution in [0.25, 0.3) is 0 Å². The van der Waals surface area contributed by atoms with Crippen molar-refractivity contribution in [2.24, 2.45) is 0 Å². The van der Waals surface area contributed by atoms with E-state index in [1.54, 1.807) is 20.8 Å². The molecule has 0 radical (unpaired) electrons. The van der Waals surface area contributed by atoms with Crippen molar-refractivity contribution in [3.63, 3.8) is 0 Å². The Kier molecular flexibility index (Phi) is 7.88. The maximum absolute atomic E-state index is 11.4. The van der Waals surface area contributed by atoms with E-state index in [9.17, 15) is 4.79 Å². The van der Waals surface area contributed by atoms with Crippen LogP contribution in [-0.4, -0.2) is 31.6 Å². The van der Waals surface area contributed by atoms with Crippen LogP contribution in [0.2, 0.25) is 0 Å². The van der Waals surface area contributed by atoms with E-state index < -0.39 is 12.3 Å². The van der Waals surface area contributed by atoms with Crippen molar-refractivity contribution < 1.29 is 23.7 Å². The predicted octanol–water partition coefficient (Wildman–Crippen LogP) is 1.99. The Balaban J connectivity index is 4.18. The molecular weight excluding hydrogens is 224 g/mol. The van der Waals surface area contributed by atoms with Gasteiger partial charge in [0.2, 0.25) is 12.0 Å². The van der Waals surface area contributed by atoms with Crippen molar-refractivity contribution in [1.82, 2.24) is 0 Å². The molecule has 0 aliphatic heterocycles. The summed E-state index contributed by atoms with van der Waals surface area (Å²) in [5.41, 5.74) is 0. The van der Waals surface area contributed by atoms with Crippen LogP contribution in [0.5, 0.6) is 0 Å². The molecule has 0 bridgehead atoms. The van der Waals surface area contributed by atoms with Gasteiger partial charge >= 0.3 is 5.97 Å². The smallest absolute Gasteiger partial charge is 0.373 e. The van der Waals surface area contributed by atoms with Crippen molar-refractivity contribution in [1.29, 1.82) is 0 Å². The maximum atomic E-state index is 11.4. The molecule has 0 amide bonds. The fourth-order valence-electron chi connectivity index (χ4n) is 0.935. The normalized spacial score (nSPS) is 11.8. The Morgan fingerprint density at radius 3 is 2.47 bits per heavy atom. The summed E-state index contributed by atoms with van der Waals surface area (Å²) in [5.74, 6) is -0.715. The van der Waals surface area contributed by atoms with Crippen LogP contribution in [-0.2, 0) is 23.7 Å². The zero-order valence-electron chi connectivity index (χ0n) is 10.6. The van der Waals surface area contributed by atoms with Crippen LogP contribution < -0.4 is 0 Å². The van der Waals surface area contributed by atoms with Gasteiger partial charge in [0.25, 0.3) is 0 Å². The minimum Gasteiger partial charge on any atom is -0.495 e. The number of carbonyl (C=O) groups is 1. The fourth-order valence-corrected chi connectivity index (χ4v) is 0.935. The minimum absolute atomic E-state index is 0.107. The summed E-state index contributed by atoms with van der Waals surface area (Å²) in [5, 5.41) is 0. The summed E-state index contributed by atoms with van der Waals surface area (Å²) < 4.78 is 20.2. The Labute approximate surface area is 102 Å². The van der Waals surface area contributed by atoms with E-state index >= 15 is 0 Å². The molecule has 0 rings (SSSR count). The lowest BCUT2D eigenvalue weighted by Gasteiger charge is -2.19. The molecule has 0 fully saturated rings. The Morgan fingerprint density at radius 1 is 1.35 bits per heavy atom. The number of carbonyl (C=O) groups excluding carboxylic acids is 1. The molecule has 98 valence electrons. The highest BCUT2D eigenvalue weighted by Gasteiger charge is 2.18. The largest absolute Gasteiger partial charge is 0.495 e. The lowest BCUT2D eigenvalue weighted by molar-refractivity contribution is -0.165. The molecule has 1 atom stereocenters. The molecule has 0 aromatic carbocycles. The molecule has 0 aromatic heterocycles. The lowest BCUT2D eigenvalue weighted by Crippen LogP contribution is -2.25. The maximum Gasteiger partial charge on any atom is 0.373 e. The summed E-state index contributed by atoms with van der Waals surface area (Å²) in [4.78, 5) is 11.4. The number of rotatable bonds is 9. The molecule has 0 aromatic rings. The third-order valence-electron chi connectivity index (χ3n) is 1.55. The van der Waals surface area contributed by atoms with Crippen molar-refractivity contribution >= 4 is 5.97 Å². The van der Waals surface area contributed by atoms with Gasteiger partial charge in [0.05, 0.1) is 12.4 Å². The molecule has 0 aliphatic carbocycles. The van der Waals surface area contributed by atoms with Gasteiger partial charge in [-0.3, -0.25) is 0 Å². The van der Waals surface area contributed by atoms with Crippen LogP contribution >= 0.6 is 0 Å². The van der Waals surface area contributed by atoms with Crippen LogP contribution in [0.1, 0.15) is 20.8 Å². The summed E-state index contributed by atoms with van der Waals surface area (Å²) >= 11 is 0. The average Bonchev–Trinajstić information content (AvgIpc) is 2.25. The predicted molar refractivity (Wildman–Crippen MR) is 63.0 cm³/mol. The zero-order chi connectivity index (χ0) is 13.3. The highest BCUT2D eigenvalue weighted by atomic mass is 16.7. The van der Waals surface area contributed by atoms with Gasteiger partial charge in [-0.25, -0.2) is 4.79 Å². The van der Waals surface area contributed by atoms with Crippen molar-refractivity contribution in [3.05, 3.63) is 25.2 Å². The van der Waals surface area contributed by atoms with E-state index in [0.717, 1.165) is 0 Å². The van der Waals surface area contributed by atoms with Gasteiger partial charge in [-0.2, -0.15) is 0 Å². The molecular formula is C12H20O5. The molecule has 0 heterocycles. The van der Waals surface area contributed by atoms with E-state index in [-0.39, 0.29) is 18.5 Å². The van der Waals surface area contributed by atoms with E-state index in [1.165, 1.54) is 6.26 Å². The van der Waals surface area contributed by atoms with Crippen molar-refractivity contribution in [2.75, 3.05) is 13.2 Å². The number of ether oxygens (including phenoxy) is 4. The molecule has 1 unspecified atom stereocenters. The molecule has 17 heavy (non-hydrogen) atoms. The third-order valence-corrected chi connectivity index (χ3v) is 1.55. The van der Waals surface area contributed by atoms with E-state index in [4.69, 9.17) is 18.9 Å². The lowest BCUT2D eigenvalue weighted by atomic mass is 10.4. The van der Waals surface area contributed by atoms with Gasteiger partial charge in [0.15, 0.2) is 0 Å². The van der Waals surface area contributed by atoms with E-state index in [1.807, 2.05) is 0 Å². The van der Waals surface area contributed by atoms with Crippen LogP contribution in [0.15, 0.2) is 25.2 Å². The summed E-state index contributed by atoms with van der Waals surface area (Å²) in [6.07, 6.45) is 0.341. The Hall–Kier alpha value is -1.49. The second-order valence-corrected chi connectivity index (χ2v) is 3.38. The van der Waals surface area contributed by atoms with Gasteiger partial charge in [-0.05, 0) is 27.4 Å². The third kappa shape index (κ3) is 7.41. The quantitative estimate of drug-likeness (QED) is 0.269. The Morgan fingerprint density at radius 2 is 2.00 bits per heavy atom. The molecule has 0 saturated heterocycles. The number of hydrogen-bond acceptors (Lipinski definition) is 5. The minimum atomic E-state index is -0.704. The summed E-state index contributed by atoms with van der Waals surface area (Å²) in [6.45, 7) is 12.7. The SMILES string of the molecule is C=COCC(OCC)OC(=C)C(=O)OC(C)C. The van der Waals surface area contributed by atoms with Crippen LogP contribution in [0.4, 0.5) is 0 Å². The first-order valence-corrected chi connectivity index (χ1v) is 5.41. The molecule has 0 saturated carbocycles. The molecule has 5 heteroatoms. The van der Waals surface area contributed by atoms with E-state index in [2.05, 4.69) is 13.2 Å². The summed E-state index contributed by atoms with van der Waals surface area (Å²) in [7, 11) is 0. The van der Waals surface area contributed by atoms with Gasteiger partial charge in [0.1, 0.15) is 6.61 Å². The molecule has 5 nitrogen and oxygen atoms in total. The fraction of sp³-hybridized carbons (Fsp3) is 0.583. The van der Waals surface area contributed by atoms with Gasteiger partial charge < -0.3 is 18.9 Å².